The fourth-order valence-corrected chi connectivity index (χ4v) is 5.16. The number of aromatic nitrogens is 1. The van der Waals surface area contributed by atoms with Crippen LogP contribution in [0.25, 0.3) is 10.9 Å². The van der Waals surface area contributed by atoms with Crippen LogP contribution < -0.4 is 10.6 Å². The number of para-hydroxylation sites is 1. The number of aliphatic carboxylic acids is 1. The average molecular weight is 438 g/mol. The van der Waals surface area contributed by atoms with Gasteiger partial charge in [-0.15, -0.1) is 0 Å². The molecule has 0 radical (unpaired) electrons. The number of benzene rings is 1. The van der Waals surface area contributed by atoms with Gasteiger partial charge in [0.15, 0.2) is 0 Å². The lowest BCUT2D eigenvalue weighted by atomic mass is 10.0. The van der Waals surface area contributed by atoms with Gasteiger partial charge in [0.25, 0.3) is 0 Å². The van der Waals surface area contributed by atoms with Crippen LogP contribution in [0.4, 0.5) is 0 Å². The van der Waals surface area contributed by atoms with E-state index in [1.807, 2.05) is 45.0 Å². The number of aromatic amines is 1. The molecule has 0 aliphatic heterocycles. The van der Waals surface area contributed by atoms with Crippen molar-refractivity contribution in [3.63, 3.8) is 0 Å². The van der Waals surface area contributed by atoms with Gasteiger partial charge in [0.05, 0.1) is 0 Å². The van der Waals surface area contributed by atoms with Gasteiger partial charge in [-0.05, 0) is 11.6 Å². The molecule has 0 bridgehead atoms. The third-order valence-corrected chi connectivity index (χ3v) is 7.30. The van der Waals surface area contributed by atoms with Crippen molar-refractivity contribution < 1.29 is 19.5 Å². The van der Waals surface area contributed by atoms with Gasteiger partial charge in [0.1, 0.15) is 12.1 Å². The summed E-state index contributed by atoms with van der Waals surface area (Å²) in [6, 6.07) is 5.76. The molecule has 4 N–H and O–H groups in total. The molecular formula is C20H27N3O4S2. The van der Waals surface area contributed by atoms with Crippen LogP contribution in [0.15, 0.2) is 30.5 Å². The van der Waals surface area contributed by atoms with Crippen molar-refractivity contribution in [2.24, 2.45) is 0 Å². The fourth-order valence-electron chi connectivity index (χ4n) is 2.70. The molecule has 0 spiro atoms. The van der Waals surface area contributed by atoms with Crippen molar-refractivity contribution >= 4 is 50.3 Å². The number of H-pyrrole nitrogens is 1. The summed E-state index contributed by atoms with van der Waals surface area (Å²) in [5.74, 6) is -1.74. The second-order valence-corrected chi connectivity index (χ2v) is 10.9. The van der Waals surface area contributed by atoms with E-state index in [0.29, 0.717) is 0 Å². The molecule has 1 aromatic carbocycles. The van der Waals surface area contributed by atoms with E-state index in [2.05, 4.69) is 15.6 Å². The van der Waals surface area contributed by atoms with Crippen molar-refractivity contribution in [2.75, 3.05) is 5.75 Å². The van der Waals surface area contributed by atoms with Crippen LogP contribution in [-0.2, 0) is 20.8 Å². The molecule has 2 rings (SSSR count). The zero-order valence-corrected chi connectivity index (χ0v) is 18.6. The maximum absolute atomic E-state index is 12.8. The topological polar surface area (TPSA) is 111 Å². The lowest BCUT2D eigenvalue weighted by Crippen LogP contribution is -2.52. The van der Waals surface area contributed by atoms with Crippen LogP contribution in [0.2, 0.25) is 0 Å². The predicted octanol–water partition coefficient (Wildman–Crippen LogP) is 2.96. The average Bonchev–Trinajstić information content (AvgIpc) is 3.02. The molecule has 2 aromatic rings. The number of rotatable bonds is 9. The first-order chi connectivity index (χ1) is 13.6. The Morgan fingerprint density at radius 1 is 1.14 bits per heavy atom. The standard InChI is InChI=1S/C20H27N3O4S2/c1-12(24)22-16(9-13-10-21-15-8-6-5-7-14(13)15)18(25)23-17(19(26)27)11-28-29-20(2,3)4/h5-8,10,16-17,21H,9,11H2,1-4H3,(H,22,24)(H,23,25)(H,26,27)/t16-,17+/m0/s1. The Morgan fingerprint density at radius 2 is 1.83 bits per heavy atom. The van der Waals surface area contributed by atoms with E-state index in [9.17, 15) is 19.5 Å². The summed E-state index contributed by atoms with van der Waals surface area (Å²) in [5.41, 5.74) is 1.81. The molecule has 0 aliphatic rings. The molecule has 2 atom stereocenters. The Bertz CT molecular complexity index is 876. The number of carbonyl (C=O) groups excluding carboxylic acids is 2. The largest absolute Gasteiger partial charge is 0.480 e. The summed E-state index contributed by atoms with van der Waals surface area (Å²) < 4.78 is -0.0220. The highest BCUT2D eigenvalue weighted by Crippen LogP contribution is 2.35. The first-order valence-electron chi connectivity index (χ1n) is 9.22. The van der Waals surface area contributed by atoms with Gasteiger partial charge in [0, 0.05) is 40.9 Å². The highest BCUT2D eigenvalue weighted by Gasteiger charge is 2.27. The number of carbonyl (C=O) groups is 3. The summed E-state index contributed by atoms with van der Waals surface area (Å²) in [7, 11) is 2.96. The zero-order valence-electron chi connectivity index (χ0n) is 16.9. The van der Waals surface area contributed by atoms with Crippen LogP contribution in [0.5, 0.6) is 0 Å². The van der Waals surface area contributed by atoms with Crippen LogP contribution in [0.3, 0.4) is 0 Å². The number of nitrogens with one attached hydrogen (secondary N) is 3. The molecule has 0 fully saturated rings. The highest BCUT2D eigenvalue weighted by molar-refractivity contribution is 8.77. The van der Waals surface area contributed by atoms with Gasteiger partial charge in [-0.25, -0.2) is 4.79 Å². The maximum Gasteiger partial charge on any atom is 0.327 e. The molecule has 7 nitrogen and oxygen atoms in total. The SMILES string of the molecule is CC(=O)N[C@@H](Cc1c[nH]c2ccccc12)C(=O)N[C@H](CSSC(C)(C)C)C(=O)O. The van der Waals surface area contributed by atoms with E-state index < -0.39 is 24.0 Å². The van der Waals surface area contributed by atoms with Crippen molar-refractivity contribution in [1.82, 2.24) is 15.6 Å². The van der Waals surface area contributed by atoms with Crippen molar-refractivity contribution in [1.29, 1.82) is 0 Å². The first kappa shape index (κ1) is 23.2. The fraction of sp³-hybridized carbons (Fsp3) is 0.450. The third-order valence-electron chi connectivity index (χ3n) is 3.95. The van der Waals surface area contributed by atoms with Crippen molar-refractivity contribution in [3.05, 3.63) is 36.0 Å². The molecule has 158 valence electrons. The van der Waals surface area contributed by atoms with Crippen LogP contribution in [0, 0.1) is 0 Å². The first-order valence-corrected chi connectivity index (χ1v) is 11.5. The van der Waals surface area contributed by atoms with E-state index in [4.69, 9.17) is 0 Å². The minimum absolute atomic E-state index is 0.0220. The second-order valence-electron chi connectivity index (χ2n) is 7.70. The van der Waals surface area contributed by atoms with Crippen molar-refractivity contribution in [3.8, 4) is 0 Å². The van der Waals surface area contributed by atoms with Crippen molar-refractivity contribution in [2.45, 2.75) is 50.9 Å². The second kappa shape index (κ2) is 10.1. The van der Waals surface area contributed by atoms with Crippen LogP contribution >= 0.6 is 21.6 Å². The molecule has 1 aromatic heterocycles. The van der Waals surface area contributed by atoms with E-state index in [1.54, 1.807) is 17.0 Å². The molecule has 0 saturated carbocycles. The summed E-state index contributed by atoms with van der Waals surface area (Å²) in [6.07, 6.45) is 2.06. The van der Waals surface area contributed by atoms with E-state index in [0.717, 1.165) is 16.5 Å². The Morgan fingerprint density at radius 3 is 2.45 bits per heavy atom. The summed E-state index contributed by atoms with van der Waals surface area (Å²) in [5, 5.41) is 15.7. The number of carboxylic acid groups (broad SMARTS) is 1. The summed E-state index contributed by atoms with van der Waals surface area (Å²) >= 11 is 0. The Kier molecular flexibility index (Phi) is 8.04. The quantitative estimate of drug-likeness (QED) is 0.449. The molecule has 0 aliphatic carbocycles. The molecule has 0 saturated heterocycles. The lowest BCUT2D eigenvalue weighted by Gasteiger charge is -2.22. The predicted molar refractivity (Wildman–Crippen MR) is 119 cm³/mol. The number of hydrogen-bond acceptors (Lipinski definition) is 5. The molecule has 9 heteroatoms. The minimum Gasteiger partial charge on any atom is -0.480 e. The van der Waals surface area contributed by atoms with Gasteiger partial charge < -0.3 is 20.7 Å². The van der Waals surface area contributed by atoms with Gasteiger partial charge in [-0.2, -0.15) is 0 Å². The van der Waals surface area contributed by atoms with Gasteiger partial charge >= 0.3 is 5.97 Å². The molecule has 2 amide bonds. The number of amides is 2. The molecule has 1 heterocycles. The van der Waals surface area contributed by atoms with E-state index in [-0.39, 0.29) is 22.8 Å². The zero-order chi connectivity index (χ0) is 21.6. The number of hydrogen-bond donors (Lipinski definition) is 4. The Balaban J connectivity index is 2.10. The smallest absolute Gasteiger partial charge is 0.327 e. The Labute approximate surface area is 178 Å². The normalized spacial score (nSPS) is 13.7. The van der Waals surface area contributed by atoms with Gasteiger partial charge in [0.2, 0.25) is 11.8 Å². The summed E-state index contributed by atoms with van der Waals surface area (Å²) in [6.45, 7) is 7.44. The molecule has 0 unspecified atom stereocenters. The Hall–Kier alpha value is -2.13. The number of fused-ring (bicyclic) bond motifs is 1. The van der Waals surface area contributed by atoms with Crippen LogP contribution in [0.1, 0.15) is 33.3 Å². The van der Waals surface area contributed by atoms with Gasteiger partial charge in [-0.3, -0.25) is 9.59 Å². The minimum atomic E-state index is -1.10. The summed E-state index contributed by atoms with van der Waals surface area (Å²) in [4.78, 5) is 39.2. The number of carboxylic acids is 1. The highest BCUT2D eigenvalue weighted by atomic mass is 33.1. The molecular weight excluding hydrogens is 410 g/mol. The monoisotopic (exact) mass is 437 g/mol. The van der Waals surface area contributed by atoms with Gasteiger partial charge in [-0.1, -0.05) is 60.6 Å². The third kappa shape index (κ3) is 7.32. The van der Waals surface area contributed by atoms with E-state index in [1.165, 1.54) is 17.7 Å². The lowest BCUT2D eigenvalue weighted by molar-refractivity contribution is -0.141. The van der Waals surface area contributed by atoms with E-state index >= 15 is 0 Å². The molecule has 29 heavy (non-hydrogen) atoms. The van der Waals surface area contributed by atoms with Crippen LogP contribution in [-0.4, -0.2) is 50.5 Å². The maximum atomic E-state index is 12.8.